The Morgan fingerprint density at radius 2 is 1.88 bits per heavy atom. The SMILES string of the molecule is Cc1[nH]ncc1CCCCCc1ccccc1-c1cc2c(c(S(=O)(=O)Nc3ccsc3C(=O)N[C@@H](CCCN=C(N)N)C(=O)O)c1)OCC2. The molecule has 0 saturated heterocycles. The molecule has 260 valence electrons. The second-order valence-electron chi connectivity index (χ2n) is 11.9. The van der Waals surface area contributed by atoms with Crippen LogP contribution < -0.4 is 26.2 Å². The number of H-pyrrole nitrogens is 1. The predicted octanol–water partition coefficient (Wildman–Crippen LogP) is 4.37. The third-order valence-electron chi connectivity index (χ3n) is 8.36. The number of carbonyl (C=O) groups excluding carboxylic acids is 1. The molecule has 1 aliphatic rings. The summed E-state index contributed by atoms with van der Waals surface area (Å²) in [5.41, 5.74) is 16.6. The molecule has 5 rings (SSSR count). The molecule has 8 N–H and O–H groups in total. The van der Waals surface area contributed by atoms with Crippen LogP contribution in [0.25, 0.3) is 11.1 Å². The van der Waals surface area contributed by atoms with Gasteiger partial charge >= 0.3 is 5.97 Å². The fourth-order valence-corrected chi connectivity index (χ4v) is 7.94. The topological polar surface area (TPSA) is 215 Å². The molecule has 0 unspecified atom stereocenters. The highest BCUT2D eigenvalue weighted by Crippen LogP contribution is 2.39. The lowest BCUT2D eigenvalue weighted by atomic mass is 9.94. The average Bonchev–Trinajstić information content (AvgIpc) is 3.83. The third-order valence-corrected chi connectivity index (χ3v) is 10.6. The standard InChI is InChI=1S/C34H41N7O6S2/c1-21-24(20-38-40-21)10-4-2-3-8-22-9-5-6-11-26(22)25-18-23-13-16-47-30(23)29(19-25)49(45,46)41-27-14-17-48-31(27)32(42)39-28(33(43)44)12-7-15-37-34(35)36/h5-6,9,11,14,17-20,28,41H,2-4,7-8,10,12-13,15-16H2,1H3,(H,38,40)(H,39,42)(H,43,44)(H4,35,36,37)/t28-/m0/s1. The minimum Gasteiger partial charge on any atom is -0.492 e. The number of hydrogen-bond acceptors (Lipinski definition) is 8. The Labute approximate surface area is 289 Å². The van der Waals surface area contributed by atoms with Gasteiger partial charge in [-0.15, -0.1) is 11.3 Å². The van der Waals surface area contributed by atoms with Crippen LogP contribution in [0.3, 0.4) is 0 Å². The number of sulfonamides is 1. The summed E-state index contributed by atoms with van der Waals surface area (Å²) < 4.78 is 36.3. The number of carboxylic acids is 1. The molecule has 4 aromatic rings. The number of aromatic nitrogens is 2. The number of benzene rings is 2. The summed E-state index contributed by atoms with van der Waals surface area (Å²) >= 11 is 0.995. The Morgan fingerprint density at radius 1 is 1.10 bits per heavy atom. The Kier molecular flexibility index (Phi) is 11.6. The maximum Gasteiger partial charge on any atom is 0.326 e. The summed E-state index contributed by atoms with van der Waals surface area (Å²) in [6.07, 6.45) is 7.72. The van der Waals surface area contributed by atoms with Crippen molar-refractivity contribution in [1.82, 2.24) is 15.5 Å². The second kappa shape index (κ2) is 16.0. The number of carbonyl (C=O) groups is 2. The Bertz CT molecular complexity index is 1930. The van der Waals surface area contributed by atoms with Crippen LogP contribution in [-0.4, -0.2) is 60.8 Å². The number of nitrogens with one attached hydrogen (secondary N) is 3. The molecule has 49 heavy (non-hydrogen) atoms. The zero-order valence-corrected chi connectivity index (χ0v) is 28.8. The quantitative estimate of drug-likeness (QED) is 0.0521. The first-order chi connectivity index (χ1) is 23.5. The maximum atomic E-state index is 14.0. The number of hydrogen-bond donors (Lipinski definition) is 6. The van der Waals surface area contributed by atoms with E-state index in [1.807, 2.05) is 37.4 Å². The summed E-state index contributed by atoms with van der Waals surface area (Å²) in [6, 6.07) is 11.9. The Morgan fingerprint density at radius 3 is 2.61 bits per heavy atom. The summed E-state index contributed by atoms with van der Waals surface area (Å²) in [5.74, 6) is -1.77. The molecule has 0 spiro atoms. The van der Waals surface area contributed by atoms with Crippen molar-refractivity contribution in [3.05, 3.63) is 81.3 Å². The second-order valence-corrected chi connectivity index (χ2v) is 14.4. The lowest BCUT2D eigenvalue weighted by molar-refractivity contribution is -0.139. The number of unbranched alkanes of at least 4 members (excludes halogenated alkanes) is 2. The molecule has 0 saturated carbocycles. The van der Waals surface area contributed by atoms with Crippen LogP contribution in [0.15, 0.2) is 63.9 Å². The molecule has 2 aromatic carbocycles. The average molecular weight is 708 g/mol. The van der Waals surface area contributed by atoms with Crippen molar-refractivity contribution in [3.63, 3.8) is 0 Å². The van der Waals surface area contributed by atoms with Crippen LogP contribution in [0.5, 0.6) is 5.75 Å². The van der Waals surface area contributed by atoms with E-state index in [-0.39, 0.29) is 40.1 Å². The smallest absolute Gasteiger partial charge is 0.326 e. The molecule has 0 bridgehead atoms. The molecule has 3 heterocycles. The normalized spacial score (nSPS) is 12.9. The highest BCUT2D eigenvalue weighted by molar-refractivity contribution is 7.92. The van der Waals surface area contributed by atoms with Gasteiger partial charge < -0.3 is 26.6 Å². The number of guanidine groups is 1. The van der Waals surface area contributed by atoms with E-state index in [1.54, 1.807) is 11.4 Å². The van der Waals surface area contributed by atoms with Gasteiger partial charge in [-0.05, 0) is 96.8 Å². The van der Waals surface area contributed by atoms with E-state index < -0.39 is 27.9 Å². The molecule has 0 fully saturated rings. The van der Waals surface area contributed by atoms with Gasteiger partial charge in [-0.25, -0.2) is 13.2 Å². The maximum absolute atomic E-state index is 14.0. The number of ether oxygens (including phenoxy) is 1. The van der Waals surface area contributed by atoms with E-state index in [4.69, 9.17) is 16.2 Å². The number of anilines is 1. The summed E-state index contributed by atoms with van der Waals surface area (Å²) in [7, 11) is -4.24. The third kappa shape index (κ3) is 8.97. The first-order valence-electron chi connectivity index (χ1n) is 16.1. The number of aryl methyl sites for hydroxylation is 3. The van der Waals surface area contributed by atoms with Gasteiger partial charge in [0.25, 0.3) is 15.9 Å². The van der Waals surface area contributed by atoms with E-state index >= 15 is 0 Å². The number of aliphatic carboxylic acids is 1. The first-order valence-corrected chi connectivity index (χ1v) is 18.5. The zero-order valence-electron chi connectivity index (χ0n) is 27.2. The summed E-state index contributed by atoms with van der Waals surface area (Å²) in [5, 5.41) is 20.8. The first kappa shape index (κ1) is 35.4. The highest BCUT2D eigenvalue weighted by Gasteiger charge is 2.30. The number of nitrogens with zero attached hydrogens (tertiary/aromatic N) is 2. The monoisotopic (exact) mass is 707 g/mol. The Hall–Kier alpha value is -4.89. The van der Waals surface area contributed by atoms with E-state index in [0.717, 1.165) is 71.4 Å². The van der Waals surface area contributed by atoms with Crippen LogP contribution in [0, 0.1) is 6.92 Å². The molecule has 1 aliphatic heterocycles. The van der Waals surface area contributed by atoms with Gasteiger partial charge in [0, 0.05) is 18.7 Å². The van der Waals surface area contributed by atoms with Crippen molar-refractivity contribution < 1.29 is 27.9 Å². The van der Waals surface area contributed by atoms with Crippen LogP contribution in [0.4, 0.5) is 5.69 Å². The van der Waals surface area contributed by atoms with E-state index in [0.29, 0.717) is 19.4 Å². The van der Waals surface area contributed by atoms with Gasteiger partial charge in [0.2, 0.25) is 0 Å². The minimum atomic E-state index is -4.24. The van der Waals surface area contributed by atoms with Crippen molar-refractivity contribution in [2.24, 2.45) is 16.5 Å². The predicted molar refractivity (Wildman–Crippen MR) is 190 cm³/mol. The molecule has 1 atom stereocenters. The highest BCUT2D eigenvalue weighted by atomic mass is 32.2. The van der Waals surface area contributed by atoms with Gasteiger partial charge in [-0.3, -0.25) is 19.6 Å². The van der Waals surface area contributed by atoms with Crippen LogP contribution in [0.1, 0.15) is 64.2 Å². The number of aliphatic imine (C=N–C) groups is 1. The Balaban J connectivity index is 1.32. The number of fused-ring (bicyclic) bond motifs is 1. The molecule has 15 heteroatoms. The van der Waals surface area contributed by atoms with E-state index in [1.165, 1.54) is 11.6 Å². The number of aromatic amines is 1. The fraction of sp³-hybridized carbons (Fsp3) is 0.353. The van der Waals surface area contributed by atoms with Crippen molar-refractivity contribution in [2.45, 2.75) is 69.2 Å². The van der Waals surface area contributed by atoms with Gasteiger partial charge in [0.05, 0.1) is 18.5 Å². The van der Waals surface area contributed by atoms with Crippen LogP contribution in [-0.2, 0) is 34.1 Å². The molecular formula is C34H41N7O6S2. The summed E-state index contributed by atoms with van der Waals surface area (Å²) in [6.45, 7) is 2.58. The van der Waals surface area contributed by atoms with E-state index in [2.05, 4.69) is 31.3 Å². The number of amides is 1. The van der Waals surface area contributed by atoms with Gasteiger partial charge in [0.15, 0.2) is 5.96 Å². The zero-order chi connectivity index (χ0) is 35.0. The molecule has 0 aliphatic carbocycles. The largest absolute Gasteiger partial charge is 0.492 e. The number of nitrogens with two attached hydrogens (primary N) is 2. The van der Waals surface area contributed by atoms with Crippen molar-refractivity contribution in [3.8, 4) is 16.9 Å². The molecule has 13 nitrogen and oxygen atoms in total. The molecule has 1 amide bonds. The van der Waals surface area contributed by atoms with Crippen LogP contribution in [0.2, 0.25) is 0 Å². The van der Waals surface area contributed by atoms with Gasteiger partial charge in [-0.2, -0.15) is 5.10 Å². The number of thiophene rings is 1. The van der Waals surface area contributed by atoms with Crippen molar-refractivity contribution in [1.29, 1.82) is 0 Å². The molecule has 0 radical (unpaired) electrons. The number of rotatable bonds is 17. The van der Waals surface area contributed by atoms with Gasteiger partial charge in [-0.1, -0.05) is 30.7 Å². The molecule has 2 aromatic heterocycles. The van der Waals surface area contributed by atoms with Crippen LogP contribution >= 0.6 is 11.3 Å². The fourth-order valence-electron chi connectivity index (χ4n) is 5.83. The van der Waals surface area contributed by atoms with Crippen molar-refractivity contribution in [2.75, 3.05) is 17.9 Å². The lowest BCUT2D eigenvalue weighted by Gasteiger charge is -2.16. The van der Waals surface area contributed by atoms with Crippen molar-refractivity contribution >= 4 is 44.9 Å². The molecular weight excluding hydrogens is 667 g/mol. The number of carboxylic acid groups (broad SMARTS) is 1. The minimum absolute atomic E-state index is 0.0245. The van der Waals surface area contributed by atoms with E-state index in [9.17, 15) is 23.1 Å². The lowest BCUT2D eigenvalue weighted by Crippen LogP contribution is -2.40. The summed E-state index contributed by atoms with van der Waals surface area (Å²) in [4.78, 5) is 28.8. The van der Waals surface area contributed by atoms with Gasteiger partial charge in [0.1, 0.15) is 21.6 Å².